The second-order valence-corrected chi connectivity index (χ2v) is 6.65. The fourth-order valence-corrected chi connectivity index (χ4v) is 3.19. The summed E-state index contributed by atoms with van der Waals surface area (Å²) in [7, 11) is 0. The average molecular weight is 384 g/mol. The molecule has 2 heterocycles. The number of carbonyl (C=O) groups is 2. The zero-order valence-electron chi connectivity index (χ0n) is 15.8. The van der Waals surface area contributed by atoms with Crippen molar-refractivity contribution in [3.63, 3.8) is 0 Å². The predicted octanol–water partition coefficient (Wildman–Crippen LogP) is 3.00. The van der Waals surface area contributed by atoms with E-state index < -0.39 is 5.97 Å². The first-order valence-electron chi connectivity index (χ1n) is 9.39. The fraction of sp³-hybridized carbons (Fsp3) is 0.381. The molecule has 0 aliphatic carbocycles. The number of nitrogens with zero attached hydrogens (tertiary/aromatic N) is 2. The van der Waals surface area contributed by atoms with Crippen LogP contribution in [0.5, 0.6) is 11.5 Å². The number of carboxylic acid groups (broad SMARTS) is 1. The first-order chi connectivity index (χ1) is 13.6. The molecule has 1 fully saturated rings. The molecule has 0 saturated carbocycles. The van der Waals surface area contributed by atoms with Gasteiger partial charge in [0.05, 0.1) is 12.5 Å². The van der Waals surface area contributed by atoms with Crippen molar-refractivity contribution in [2.45, 2.75) is 26.4 Å². The summed E-state index contributed by atoms with van der Waals surface area (Å²) in [5.74, 6) is -0.208. The van der Waals surface area contributed by atoms with E-state index in [1.165, 1.54) is 0 Å². The summed E-state index contributed by atoms with van der Waals surface area (Å²) in [6.45, 7) is 3.56. The maximum absolute atomic E-state index is 12.8. The summed E-state index contributed by atoms with van der Waals surface area (Å²) in [6.07, 6.45) is 4.39. The van der Waals surface area contributed by atoms with E-state index in [0.29, 0.717) is 56.2 Å². The quantitative estimate of drug-likeness (QED) is 0.789. The van der Waals surface area contributed by atoms with Crippen molar-refractivity contribution >= 4 is 11.9 Å². The van der Waals surface area contributed by atoms with Crippen molar-refractivity contribution in [3.05, 3.63) is 53.9 Å². The van der Waals surface area contributed by atoms with Gasteiger partial charge in [-0.15, -0.1) is 0 Å². The lowest BCUT2D eigenvalue weighted by Crippen LogP contribution is -2.40. The van der Waals surface area contributed by atoms with Crippen LogP contribution >= 0.6 is 0 Å². The third-order valence-electron chi connectivity index (χ3n) is 4.74. The molecule has 0 spiro atoms. The molecule has 3 rings (SSSR count). The van der Waals surface area contributed by atoms with Crippen LogP contribution in [0.4, 0.5) is 0 Å². The number of hydrogen-bond acceptors (Lipinski definition) is 5. The summed E-state index contributed by atoms with van der Waals surface area (Å²) in [6, 6.07) is 8.91. The third kappa shape index (κ3) is 4.79. The highest BCUT2D eigenvalue weighted by molar-refractivity contribution is 5.95. The number of pyridine rings is 1. The van der Waals surface area contributed by atoms with Crippen LogP contribution in [0.1, 0.15) is 35.7 Å². The predicted molar refractivity (Wildman–Crippen MR) is 102 cm³/mol. The molecular formula is C21H24N2O5. The van der Waals surface area contributed by atoms with E-state index in [-0.39, 0.29) is 11.8 Å². The molecule has 1 aliphatic heterocycles. The number of aliphatic carboxylic acids is 1. The molecule has 7 heteroatoms. The number of likely N-dealkylation sites (tertiary alicyclic amines) is 1. The number of amides is 1. The molecule has 0 atom stereocenters. The molecule has 1 saturated heterocycles. The second-order valence-electron chi connectivity index (χ2n) is 6.65. The van der Waals surface area contributed by atoms with Crippen LogP contribution in [0.15, 0.2) is 42.7 Å². The lowest BCUT2D eigenvalue weighted by atomic mass is 9.96. The van der Waals surface area contributed by atoms with Crippen LogP contribution in [0.25, 0.3) is 0 Å². The summed E-state index contributed by atoms with van der Waals surface area (Å²) >= 11 is 0. The first kappa shape index (κ1) is 19.7. The van der Waals surface area contributed by atoms with Crippen molar-refractivity contribution in [2.24, 2.45) is 5.92 Å². The van der Waals surface area contributed by atoms with Gasteiger partial charge in [0.1, 0.15) is 6.61 Å². The highest BCUT2D eigenvalue weighted by Gasteiger charge is 2.27. The Morgan fingerprint density at radius 3 is 2.61 bits per heavy atom. The summed E-state index contributed by atoms with van der Waals surface area (Å²) in [5, 5.41) is 9.10. The van der Waals surface area contributed by atoms with Crippen LogP contribution in [-0.2, 0) is 11.4 Å². The first-order valence-corrected chi connectivity index (χ1v) is 9.39. The molecule has 0 radical (unpaired) electrons. The Bertz CT molecular complexity index is 817. The molecule has 1 N–H and O–H groups in total. The van der Waals surface area contributed by atoms with Crippen molar-refractivity contribution in [1.82, 2.24) is 9.88 Å². The molecule has 2 aromatic rings. The standard InChI is InChI=1S/C21H24N2O5/c1-2-27-19-12-17(20(24)23-10-7-16(8-11-23)21(25)26)5-6-18(19)28-14-15-4-3-9-22-13-15/h3-6,9,12-13,16H,2,7-8,10-11,14H2,1H3,(H,25,26). The Morgan fingerprint density at radius 1 is 1.18 bits per heavy atom. The van der Waals surface area contributed by atoms with Gasteiger partial charge in [0.25, 0.3) is 5.91 Å². The maximum Gasteiger partial charge on any atom is 0.306 e. The zero-order valence-corrected chi connectivity index (χ0v) is 15.8. The monoisotopic (exact) mass is 384 g/mol. The lowest BCUT2D eigenvalue weighted by Gasteiger charge is -2.30. The molecule has 148 valence electrons. The Morgan fingerprint density at radius 2 is 1.96 bits per heavy atom. The number of carbonyl (C=O) groups excluding carboxylic acids is 1. The topological polar surface area (TPSA) is 89.0 Å². The van der Waals surface area contributed by atoms with E-state index in [2.05, 4.69) is 4.98 Å². The van der Waals surface area contributed by atoms with Crippen LogP contribution in [0.3, 0.4) is 0 Å². The van der Waals surface area contributed by atoms with Gasteiger partial charge in [-0.25, -0.2) is 0 Å². The summed E-state index contributed by atoms with van der Waals surface area (Å²) < 4.78 is 11.5. The zero-order chi connectivity index (χ0) is 19.9. The number of piperidine rings is 1. The van der Waals surface area contributed by atoms with Crippen molar-refractivity contribution in [1.29, 1.82) is 0 Å². The number of hydrogen-bond donors (Lipinski definition) is 1. The number of rotatable bonds is 7. The van der Waals surface area contributed by atoms with Crippen molar-refractivity contribution in [2.75, 3.05) is 19.7 Å². The Hall–Kier alpha value is -3.09. The van der Waals surface area contributed by atoms with Crippen molar-refractivity contribution in [3.8, 4) is 11.5 Å². The van der Waals surface area contributed by atoms with Gasteiger partial charge >= 0.3 is 5.97 Å². The van der Waals surface area contributed by atoms with Gasteiger partial charge in [-0.3, -0.25) is 14.6 Å². The highest BCUT2D eigenvalue weighted by Crippen LogP contribution is 2.30. The number of aromatic nitrogens is 1. The Kier molecular flexibility index (Phi) is 6.47. The fourth-order valence-electron chi connectivity index (χ4n) is 3.19. The smallest absolute Gasteiger partial charge is 0.306 e. The van der Waals surface area contributed by atoms with Gasteiger partial charge in [0.15, 0.2) is 11.5 Å². The van der Waals surface area contributed by atoms with Crippen LogP contribution in [0, 0.1) is 5.92 Å². The second kappa shape index (κ2) is 9.21. The highest BCUT2D eigenvalue weighted by atomic mass is 16.5. The van der Waals surface area contributed by atoms with Crippen LogP contribution in [0.2, 0.25) is 0 Å². The molecule has 0 bridgehead atoms. The number of benzene rings is 1. The third-order valence-corrected chi connectivity index (χ3v) is 4.74. The minimum absolute atomic E-state index is 0.122. The summed E-state index contributed by atoms with van der Waals surface area (Å²) in [5.41, 5.74) is 1.44. The van der Waals surface area contributed by atoms with Gasteiger partial charge in [-0.2, -0.15) is 0 Å². The molecule has 1 aromatic carbocycles. The van der Waals surface area contributed by atoms with Gasteiger partial charge in [0.2, 0.25) is 0 Å². The van der Waals surface area contributed by atoms with E-state index in [9.17, 15) is 9.59 Å². The molecule has 28 heavy (non-hydrogen) atoms. The van der Waals surface area contributed by atoms with Crippen molar-refractivity contribution < 1.29 is 24.2 Å². The lowest BCUT2D eigenvalue weighted by molar-refractivity contribution is -0.143. The normalized spacial score (nSPS) is 14.5. The van der Waals surface area contributed by atoms with E-state index in [1.54, 1.807) is 35.5 Å². The average Bonchev–Trinajstić information content (AvgIpc) is 2.73. The van der Waals surface area contributed by atoms with E-state index in [0.717, 1.165) is 5.56 Å². The number of ether oxygens (including phenoxy) is 2. The van der Waals surface area contributed by atoms with E-state index in [1.807, 2.05) is 19.1 Å². The van der Waals surface area contributed by atoms with Gasteiger partial charge in [0, 0.05) is 36.6 Å². The largest absolute Gasteiger partial charge is 0.490 e. The van der Waals surface area contributed by atoms with Gasteiger partial charge in [-0.05, 0) is 44.0 Å². The molecule has 0 unspecified atom stereocenters. The summed E-state index contributed by atoms with van der Waals surface area (Å²) in [4.78, 5) is 29.6. The SMILES string of the molecule is CCOc1cc(C(=O)N2CCC(C(=O)O)CC2)ccc1OCc1cccnc1. The Balaban J connectivity index is 1.69. The maximum atomic E-state index is 12.8. The van der Waals surface area contributed by atoms with E-state index in [4.69, 9.17) is 14.6 Å². The van der Waals surface area contributed by atoms with Gasteiger partial charge < -0.3 is 19.5 Å². The van der Waals surface area contributed by atoms with Gasteiger partial charge in [-0.1, -0.05) is 6.07 Å². The van der Waals surface area contributed by atoms with Crippen LogP contribution in [-0.4, -0.2) is 46.6 Å². The molecule has 7 nitrogen and oxygen atoms in total. The molecule has 1 aromatic heterocycles. The molecule has 1 amide bonds. The molecule has 1 aliphatic rings. The number of carboxylic acids is 1. The minimum Gasteiger partial charge on any atom is -0.490 e. The molecular weight excluding hydrogens is 360 g/mol. The minimum atomic E-state index is -0.791. The Labute approximate surface area is 163 Å². The van der Waals surface area contributed by atoms with Crippen LogP contribution < -0.4 is 9.47 Å². The van der Waals surface area contributed by atoms with E-state index >= 15 is 0 Å².